The van der Waals surface area contributed by atoms with Crippen LogP contribution in [0, 0.1) is 0 Å². The van der Waals surface area contributed by atoms with Crippen molar-refractivity contribution in [3.05, 3.63) is 31.4 Å². The Kier molecular flexibility index (Phi) is 6.62. The van der Waals surface area contributed by atoms with Gasteiger partial charge >= 0.3 is 0 Å². The summed E-state index contributed by atoms with van der Waals surface area (Å²) < 4.78 is 2.21. The van der Waals surface area contributed by atoms with Crippen molar-refractivity contribution in [1.82, 2.24) is 9.55 Å². The molecule has 1 unspecified atom stereocenters. The second kappa shape index (κ2) is 8.14. The number of hydrogen-bond donors (Lipinski definition) is 0. The van der Waals surface area contributed by atoms with Crippen LogP contribution in [0.1, 0.15) is 57.9 Å². The van der Waals surface area contributed by atoms with Crippen LogP contribution < -0.4 is 0 Å². The fourth-order valence-corrected chi connectivity index (χ4v) is 2.05. The zero-order valence-electron chi connectivity index (χ0n) is 10.4. The third-order valence-corrected chi connectivity index (χ3v) is 3.03. The van der Waals surface area contributed by atoms with Gasteiger partial charge in [0.05, 0.1) is 6.33 Å². The van der Waals surface area contributed by atoms with Crippen molar-refractivity contribution in [3.8, 4) is 0 Å². The van der Waals surface area contributed by atoms with Crippen molar-refractivity contribution in [2.75, 3.05) is 0 Å². The molecular formula is C14H24N2. The zero-order valence-corrected chi connectivity index (χ0v) is 10.4. The lowest BCUT2D eigenvalue weighted by molar-refractivity contribution is 0.441. The summed E-state index contributed by atoms with van der Waals surface area (Å²) in [6.07, 6.45) is 16.9. The Morgan fingerprint density at radius 1 is 1.31 bits per heavy atom. The SMILES string of the molecule is C=CCC(CCCCCCC)n1ccnc1. The second-order valence-electron chi connectivity index (χ2n) is 4.39. The van der Waals surface area contributed by atoms with Crippen LogP contribution >= 0.6 is 0 Å². The van der Waals surface area contributed by atoms with E-state index in [0.717, 1.165) is 6.42 Å². The van der Waals surface area contributed by atoms with Crippen LogP contribution in [0.5, 0.6) is 0 Å². The Bertz CT molecular complexity index is 264. The number of rotatable bonds is 9. The average molecular weight is 220 g/mol. The van der Waals surface area contributed by atoms with Crippen molar-refractivity contribution >= 4 is 0 Å². The molecule has 2 heteroatoms. The van der Waals surface area contributed by atoms with Crippen molar-refractivity contribution in [2.24, 2.45) is 0 Å². The summed E-state index contributed by atoms with van der Waals surface area (Å²) in [5.74, 6) is 0. The van der Waals surface area contributed by atoms with Gasteiger partial charge in [-0.3, -0.25) is 0 Å². The summed E-state index contributed by atoms with van der Waals surface area (Å²) in [6.45, 7) is 6.09. The summed E-state index contributed by atoms with van der Waals surface area (Å²) in [5, 5.41) is 0. The van der Waals surface area contributed by atoms with Crippen molar-refractivity contribution in [2.45, 2.75) is 57.9 Å². The molecule has 1 aromatic rings. The number of unbranched alkanes of at least 4 members (excludes halogenated alkanes) is 4. The highest BCUT2D eigenvalue weighted by atomic mass is 15.0. The Morgan fingerprint density at radius 3 is 2.75 bits per heavy atom. The lowest BCUT2D eigenvalue weighted by Crippen LogP contribution is -2.06. The molecule has 16 heavy (non-hydrogen) atoms. The molecule has 0 N–H and O–H groups in total. The van der Waals surface area contributed by atoms with E-state index in [4.69, 9.17) is 0 Å². The Balaban J connectivity index is 2.26. The number of hydrogen-bond acceptors (Lipinski definition) is 1. The fraction of sp³-hybridized carbons (Fsp3) is 0.643. The Hall–Kier alpha value is -1.05. The van der Waals surface area contributed by atoms with Crippen LogP contribution in [-0.4, -0.2) is 9.55 Å². The van der Waals surface area contributed by atoms with Gasteiger partial charge in [-0.15, -0.1) is 6.58 Å². The molecular weight excluding hydrogens is 196 g/mol. The number of aromatic nitrogens is 2. The van der Waals surface area contributed by atoms with E-state index in [1.807, 2.05) is 18.6 Å². The van der Waals surface area contributed by atoms with Gasteiger partial charge in [0.15, 0.2) is 0 Å². The minimum absolute atomic E-state index is 0.557. The Labute approximate surface area is 99.4 Å². The van der Waals surface area contributed by atoms with E-state index < -0.39 is 0 Å². The minimum Gasteiger partial charge on any atom is -0.334 e. The van der Waals surface area contributed by atoms with Gasteiger partial charge in [0.1, 0.15) is 0 Å². The first-order chi connectivity index (χ1) is 7.88. The molecule has 0 fully saturated rings. The molecule has 0 saturated carbocycles. The quantitative estimate of drug-likeness (QED) is 0.446. The zero-order chi connectivity index (χ0) is 11.6. The van der Waals surface area contributed by atoms with Crippen LogP contribution in [0.25, 0.3) is 0 Å². The van der Waals surface area contributed by atoms with Crippen molar-refractivity contribution < 1.29 is 0 Å². The summed E-state index contributed by atoms with van der Waals surface area (Å²) in [6, 6.07) is 0.557. The van der Waals surface area contributed by atoms with Crippen LogP contribution in [0.2, 0.25) is 0 Å². The smallest absolute Gasteiger partial charge is 0.0948 e. The number of nitrogens with zero attached hydrogens (tertiary/aromatic N) is 2. The molecule has 0 aliphatic heterocycles. The molecule has 1 atom stereocenters. The maximum atomic E-state index is 4.11. The largest absolute Gasteiger partial charge is 0.334 e. The van der Waals surface area contributed by atoms with Gasteiger partial charge in [-0.05, 0) is 12.8 Å². The normalized spacial score (nSPS) is 12.6. The molecule has 0 saturated heterocycles. The third kappa shape index (κ3) is 4.65. The van der Waals surface area contributed by atoms with E-state index in [-0.39, 0.29) is 0 Å². The molecule has 0 spiro atoms. The molecule has 0 amide bonds. The van der Waals surface area contributed by atoms with Gasteiger partial charge in [-0.2, -0.15) is 0 Å². The van der Waals surface area contributed by atoms with Crippen LogP contribution in [0.3, 0.4) is 0 Å². The monoisotopic (exact) mass is 220 g/mol. The first kappa shape index (κ1) is 13.0. The van der Waals surface area contributed by atoms with Gasteiger partial charge in [-0.1, -0.05) is 45.1 Å². The van der Waals surface area contributed by atoms with Crippen molar-refractivity contribution in [1.29, 1.82) is 0 Å². The lowest BCUT2D eigenvalue weighted by atomic mass is 10.0. The summed E-state index contributed by atoms with van der Waals surface area (Å²) in [7, 11) is 0. The molecule has 90 valence electrons. The van der Waals surface area contributed by atoms with Crippen LogP contribution in [0.4, 0.5) is 0 Å². The topological polar surface area (TPSA) is 17.8 Å². The highest BCUT2D eigenvalue weighted by molar-refractivity contribution is 4.84. The molecule has 0 aliphatic rings. The first-order valence-electron chi connectivity index (χ1n) is 6.46. The van der Waals surface area contributed by atoms with Crippen LogP contribution in [0.15, 0.2) is 31.4 Å². The second-order valence-corrected chi connectivity index (χ2v) is 4.39. The summed E-state index contributed by atoms with van der Waals surface area (Å²) >= 11 is 0. The average Bonchev–Trinajstić information content (AvgIpc) is 2.81. The predicted octanol–water partition coefficient (Wildman–Crippen LogP) is 4.36. The predicted molar refractivity (Wildman–Crippen MR) is 69.5 cm³/mol. The number of imidazole rings is 1. The van der Waals surface area contributed by atoms with Gasteiger partial charge in [-0.25, -0.2) is 4.98 Å². The first-order valence-corrected chi connectivity index (χ1v) is 6.46. The van der Waals surface area contributed by atoms with Crippen molar-refractivity contribution in [3.63, 3.8) is 0 Å². The molecule has 2 nitrogen and oxygen atoms in total. The van der Waals surface area contributed by atoms with Gasteiger partial charge in [0, 0.05) is 18.4 Å². The fourth-order valence-electron chi connectivity index (χ4n) is 2.05. The van der Waals surface area contributed by atoms with E-state index in [2.05, 4.69) is 29.3 Å². The van der Waals surface area contributed by atoms with E-state index in [0.29, 0.717) is 6.04 Å². The molecule has 1 rings (SSSR count). The molecule has 1 heterocycles. The summed E-state index contributed by atoms with van der Waals surface area (Å²) in [5.41, 5.74) is 0. The Morgan fingerprint density at radius 2 is 2.12 bits per heavy atom. The van der Waals surface area contributed by atoms with Gasteiger partial charge in [0.25, 0.3) is 0 Å². The highest BCUT2D eigenvalue weighted by Crippen LogP contribution is 2.20. The molecule has 1 aromatic heterocycles. The molecule has 0 aliphatic carbocycles. The standard InChI is InChI=1S/C14H24N2/c1-3-5-6-7-8-10-14(9-4-2)16-12-11-15-13-16/h4,11-14H,2-3,5-10H2,1H3. The maximum absolute atomic E-state index is 4.11. The van der Waals surface area contributed by atoms with E-state index in [1.165, 1.54) is 38.5 Å². The molecule has 0 radical (unpaired) electrons. The minimum atomic E-state index is 0.557. The van der Waals surface area contributed by atoms with E-state index in [1.54, 1.807) is 0 Å². The van der Waals surface area contributed by atoms with E-state index in [9.17, 15) is 0 Å². The number of allylic oxidation sites excluding steroid dienone is 1. The highest BCUT2D eigenvalue weighted by Gasteiger charge is 2.07. The van der Waals surface area contributed by atoms with Gasteiger partial charge in [0.2, 0.25) is 0 Å². The molecule has 0 bridgehead atoms. The van der Waals surface area contributed by atoms with Crippen LogP contribution in [-0.2, 0) is 0 Å². The summed E-state index contributed by atoms with van der Waals surface area (Å²) in [4.78, 5) is 4.11. The molecule has 0 aromatic carbocycles. The van der Waals surface area contributed by atoms with E-state index >= 15 is 0 Å². The maximum Gasteiger partial charge on any atom is 0.0948 e. The lowest BCUT2D eigenvalue weighted by Gasteiger charge is -2.16. The van der Waals surface area contributed by atoms with Gasteiger partial charge < -0.3 is 4.57 Å². The third-order valence-electron chi connectivity index (χ3n) is 3.03.